The van der Waals surface area contributed by atoms with Crippen LogP contribution in [0.1, 0.15) is 11.5 Å². The highest BCUT2D eigenvalue weighted by Crippen LogP contribution is 2.23. The van der Waals surface area contributed by atoms with Crippen LogP contribution in [0.15, 0.2) is 76.8 Å². The lowest BCUT2D eigenvalue weighted by atomic mass is 10.3. The number of halogens is 1. The van der Waals surface area contributed by atoms with Crippen LogP contribution < -0.4 is 15.0 Å². The fraction of sp³-hybridized carbons (Fsp3) is 0.0476. The van der Waals surface area contributed by atoms with Crippen molar-refractivity contribution in [3.63, 3.8) is 0 Å². The summed E-state index contributed by atoms with van der Waals surface area (Å²) >= 11 is 11.2. The molecule has 0 radical (unpaired) electrons. The van der Waals surface area contributed by atoms with E-state index in [0.717, 1.165) is 0 Å². The minimum Gasteiger partial charge on any atom is -0.486 e. The number of furan rings is 1. The summed E-state index contributed by atoms with van der Waals surface area (Å²) in [5.74, 6) is 1.57. The van der Waals surface area contributed by atoms with Crippen LogP contribution in [0.2, 0.25) is 5.02 Å². The highest BCUT2D eigenvalue weighted by molar-refractivity contribution is 7.80. The zero-order valence-corrected chi connectivity index (χ0v) is 16.2. The van der Waals surface area contributed by atoms with Crippen LogP contribution in [-0.2, 0) is 11.4 Å². The summed E-state index contributed by atoms with van der Waals surface area (Å²) in [7, 11) is 0. The van der Waals surface area contributed by atoms with E-state index in [1.807, 2.05) is 42.5 Å². The molecule has 2 heterocycles. The van der Waals surface area contributed by atoms with Gasteiger partial charge in [-0.2, -0.15) is 0 Å². The highest BCUT2D eigenvalue weighted by atomic mass is 35.5. The predicted molar refractivity (Wildman–Crippen MR) is 112 cm³/mol. The Kier molecular flexibility index (Phi) is 5.14. The number of para-hydroxylation sites is 1. The van der Waals surface area contributed by atoms with Crippen molar-refractivity contribution in [3.8, 4) is 5.75 Å². The number of benzene rings is 2. The first kappa shape index (κ1) is 18.3. The molecule has 1 amide bonds. The van der Waals surface area contributed by atoms with Gasteiger partial charge in [0.1, 0.15) is 29.6 Å². The number of carbonyl (C=O) groups is 1. The number of nitrogens with one attached hydrogen (secondary N) is 1. The van der Waals surface area contributed by atoms with Crippen molar-refractivity contribution in [2.45, 2.75) is 6.61 Å². The largest absolute Gasteiger partial charge is 0.486 e. The number of amides is 1. The van der Waals surface area contributed by atoms with Gasteiger partial charge in [0.05, 0.1) is 5.69 Å². The Hall–Kier alpha value is -3.09. The number of thiocarbonyl (C=S) groups is 1. The van der Waals surface area contributed by atoms with E-state index in [1.165, 1.54) is 4.90 Å². The molecule has 0 atom stereocenters. The Bertz CT molecular complexity index is 1060. The number of hydrogen-bond acceptors (Lipinski definition) is 4. The molecule has 7 heteroatoms. The maximum absolute atomic E-state index is 12.7. The normalized spacial score (nSPS) is 15.2. The molecule has 5 nitrogen and oxygen atoms in total. The monoisotopic (exact) mass is 410 g/mol. The minimum absolute atomic E-state index is 0.232. The molecule has 0 bridgehead atoms. The van der Waals surface area contributed by atoms with Crippen LogP contribution in [0, 0.1) is 0 Å². The van der Waals surface area contributed by atoms with Crippen molar-refractivity contribution in [1.82, 2.24) is 5.32 Å². The average molecular weight is 411 g/mol. The molecule has 2 aromatic carbocycles. The summed E-state index contributed by atoms with van der Waals surface area (Å²) in [6.45, 7) is 0.249. The zero-order valence-electron chi connectivity index (χ0n) is 14.6. The smallest absolute Gasteiger partial charge is 0.281 e. The molecule has 1 aliphatic heterocycles. The van der Waals surface area contributed by atoms with Gasteiger partial charge in [-0.3, -0.25) is 9.69 Å². The highest BCUT2D eigenvalue weighted by Gasteiger charge is 2.32. The van der Waals surface area contributed by atoms with Gasteiger partial charge in [-0.1, -0.05) is 35.9 Å². The molecule has 0 aliphatic carbocycles. The molecule has 0 saturated carbocycles. The molecule has 0 spiro atoms. The number of nitrogens with zero attached hydrogens (tertiary/aromatic N) is 1. The lowest BCUT2D eigenvalue weighted by molar-refractivity contribution is -0.113. The van der Waals surface area contributed by atoms with Gasteiger partial charge in [0.25, 0.3) is 5.91 Å². The third kappa shape index (κ3) is 3.93. The molecule has 3 aromatic rings. The van der Waals surface area contributed by atoms with E-state index < -0.39 is 0 Å². The molecular weight excluding hydrogens is 396 g/mol. The van der Waals surface area contributed by atoms with E-state index in [4.69, 9.17) is 33.0 Å². The van der Waals surface area contributed by atoms with E-state index >= 15 is 0 Å². The van der Waals surface area contributed by atoms with Crippen molar-refractivity contribution in [2.75, 3.05) is 4.90 Å². The van der Waals surface area contributed by atoms with Crippen molar-refractivity contribution in [2.24, 2.45) is 0 Å². The van der Waals surface area contributed by atoms with Gasteiger partial charge in [-0.05, 0) is 54.7 Å². The van der Waals surface area contributed by atoms with Crippen molar-refractivity contribution in [1.29, 1.82) is 0 Å². The van der Waals surface area contributed by atoms with Gasteiger partial charge >= 0.3 is 0 Å². The van der Waals surface area contributed by atoms with Crippen LogP contribution in [0.25, 0.3) is 6.08 Å². The van der Waals surface area contributed by atoms with Gasteiger partial charge in [0.15, 0.2) is 5.11 Å². The molecule has 1 aromatic heterocycles. The number of carbonyl (C=O) groups excluding carboxylic acids is 1. The first-order valence-electron chi connectivity index (χ1n) is 8.49. The second-order valence-corrected chi connectivity index (χ2v) is 6.84. The summed E-state index contributed by atoms with van der Waals surface area (Å²) in [5.41, 5.74) is 1.06. The van der Waals surface area contributed by atoms with Crippen molar-refractivity contribution in [3.05, 3.63) is 89.0 Å². The van der Waals surface area contributed by atoms with Crippen LogP contribution in [0.5, 0.6) is 5.75 Å². The van der Waals surface area contributed by atoms with Crippen LogP contribution in [-0.4, -0.2) is 11.0 Å². The van der Waals surface area contributed by atoms with Crippen molar-refractivity contribution >= 4 is 46.6 Å². The van der Waals surface area contributed by atoms with Gasteiger partial charge in [0.2, 0.25) is 0 Å². The molecule has 4 rings (SSSR count). The Morgan fingerprint density at radius 3 is 2.71 bits per heavy atom. The Labute approximate surface area is 172 Å². The summed E-state index contributed by atoms with van der Waals surface area (Å²) in [5, 5.41) is 3.87. The molecular formula is C21H15ClN2O3S. The van der Waals surface area contributed by atoms with E-state index in [-0.39, 0.29) is 12.5 Å². The van der Waals surface area contributed by atoms with E-state index in [0.29, 0.717) is 38.8 Å². The van der Waals surface area contributed by atoms with Gasteiger partial charge in [0, 0.05) is 11.1 Å². The quantitative estimate of drug-likeness (QED) is 0.485. The Morgan fingerprint density at radius 1 is 1.11 bits per heavy atom. The minimum atomic E-state index is -0.232. The van der Waals surface area contributed by atoms with Crippen LogP contribution in [0.3, 0.4) is 0 Å². The zero-order chi connectivity index (χ0) is 19.5. The molecule has 1 fully saturated rings. The maximum atomic E-state index is 12.7. The third-order valence-corrected chi connectivity index (χ3v) is 4.56. The van der Waals surface area contributed by atoms with E-state index in [2.05, 4.69) is 5.32 Å². The first-order valence-corrected chi connectivity index (χ1v) is 9.28. The van der Waals surface area contributed by atoms with Gasteiger partial charge < -0.3 is 14.5 Å². The standard InChI is InChI=1S/C21H15ClN2O3S/c22-14-5-4-8-16(11-14)26-13-18-10-9-17(27-18)12-19-20(25)24(21(28)23-19)15-6-2-1-3-7-15/h1-12H,13H2,(H,23,28)/b19-12+. The molecule has 140 valence electrons. The summed E-state index contributed by atoms with van der Waals surface area (Å²) < 4.78 is 11.4. The number of rotatable bonds is 5. The third-order valence-electron chi connectivity index (χ3n) is 4.04. The molecule has 28 heavy (non-hydrogen) atoms. The van der Waals surface area contributed by atoms with Crippen LogP contribution in [0.4, 0.5) is 5.69 Å². The number of hydrogen-bond donors (Lipinski definition) is 1. The summed E-state index contributed by atoms with van der Waals surface area (Å²) in [4.78, 5) is 14.2. The second kappa shape index (κ2) is 7.88. The average Bonchev–Trinajstić information content (AvgIpc) is 3.25. The lowest BCUT2D eigenvalue weighted by Gasteiger charge is -2.13. The van der Waals surface area contributed by atoms with Crippen LogP contribution >= 0.6 is 23.8 Å². The number of ether oxygens (including phenoxy) is 1. The summed E-state index contributed by atoms with van der Waals surface area (Å²) in [6.07, 6.45) is 1.63. The van der Waals surface area contributed by atoms with Crippen molar-refractivity contribution < 1.29 is 13.9 Å². The molecule has 1 N–H and O–H groups in total. The number of anilines is 1. The van der Waals surface area contributed by atoms with Gasteiger partial charge in [-0.15, -0.1) is 0 Å². The van der Waals surface area contributed by atoms with E-state index in [1.54, 1.807) is 30.3 Å². The summed E-state index contributed by atoms with van der Waals surface area (Å²) in [6, 6.07) is 19.9. The second-order valence-electron chi connectivity index (χ2n) is 6.01. The Morgan fingerprint density at radius 2 is 1.93 bits per heavy atom. The topological polar surface area (TPSA) is 54.7 Å². The first-order chi connectivity index (χ1) is 13.6. The lowest BCUT2D eigenvalue weighted by Crippen LogP contribution is -2.30. The van der Waals surface area contributed by atoms with E-state index in [9.17, 15) is 4.79 Å². The molecule has 1 saturated heterocycles. The Balaban J connectivity index is 1.46. The molecule has 1 aliphatic rings. The SMILES string of the molecule is O=C1/C(=C\c2ccc(COc3cccc(Cl)c3)o2)NC(=S)N1c1ccccc1. The molecule has 0 unspecified atom stereocenters. The maximum Gasteiger partial charge on any atom is 0.281 e. The predicted octanol–water partition coefficient (Wildman–Crippen LogP) is 4.77. The fourth-order valence-corrected chi connectivity index (χ4v) is 3.23. The fourth-order valence-electron chi connectivity index (χ4n) is 2.75. The van der Waals surface area contributed by atoms with Gasteiger partial charge in [-0.25, -0.2) is 0 Å².